The molecular weight excluding hydrogens is 334 g/mol. The number of ether oxygens (including phenoxy) is 1. The number of benzene rings is 1. The molecule has 4 rings (SSSR count). The van der Waals surface area contributed by atoms with Crippen LogP contribution in [0.1, 0.15) is 16.3 Å². The molecule has 0 radical (unpaired) electrons. The van der Waals surface area contributed by atoms with Crippen LogP contribution in [0, 0.1) is 6.92 Å². The van der Waals surface area contributed by atoms with E-state index < -0.39 is 0 Å². The molecule has 1 amide bonds. The Morgan fingerprint density at radius 2 is 2.16 bits per heavy atom. The number of carbonyl (C=O) groups excluding carboxylic acids is 1. The number of amides is 1. The van der Waals surface area contributed by atoms with Crippen LogP contribution in [0.4, 0.5) is 0 Å². The standard InChI is InChI=1S/C19H23N3O2S/c1-14-20-16(13-25-14)10-21-7-8-24-18-12-22(11-17(18)21)19(23)9-15-5-3-2-4-6-15/h2-6,13,17-18H,7-12H2,1H3/t17-,18+/m1/s1. The van der Waals surface area contributed by atoms with Gasteiger partial charge in [0.05, 0.1) is 35.9 Å². The Bertz CT molecular complexity index is 733. The molecule has 0 spiro atoms. The molecule has 0 unspecified atom stereocenters. The van der Waals surface area contributed by atoms with Crippen molar-refractivity contribution >= 4 is 17.2 Å². The van der Waals surface area contributed by atoms with Crippen LogP contribution in [0.3, 0.4) is 0 Å². The van der Waals surface area contributed by atoms with Crippen molar-refractivity contribution < 1.29 is 9.53 Å². The fourth-order valence-electron chi connectivity index (χ4n) is 3.73. The molecule has 3 heterocycles. The van der Waals surface area contributed by atoms with Crippen molar-refractivity contribution in [3.8, 4) is 0 Å². The van der Waals surface area contributed by atoms with E-state index in [2.05, 4.69) is 15.3 Å². The summed E-state index contributed by atoms with van der Waals surface area (Å²) in [5.41, 5.74) is 2.19. The number of nitrogens with zero attached hydrogens (tertiary/aromatic N) is 3. The number of carbonyl (C=O) groups is 1. The van der Waals surface area contributed by atoms with E-state index in [1.165, 1.54) is 0 Å². The maximum atomic E-state index is 12.7. The van der Waals surface area contributed by atoms with Crippen LogP contribution < -0.4 is 0 Å². The molecule has 1 aromatic carbocycles. The highest BCUT2D eigenvalue weighted by Crippen LogP contribution is 2.25. The van der Waals surface area contributed by atoms with Crippen molar-refractivity contribution in [2.24, 2.45) is 0 Å². The first-order chi connectivity index (χ1) is 12.2. The molecule has 2 aromatic rings. The Hall–Kier alpha value is -1.76. The number of hydrogen-bond donors (Lipinski definition) is 0. The first-order valence-corrected chi connectivity index (χ1v) is 9.65. The molecule has 2 saturated heterocycles. The summed E-state index contributed by atoms with van der Waals surface area (Å²) in [7, 11) is 0. The van der Waals surface area contributed by atoms with E-state index in [0.717, 1.165) is 42.5 Å². The molecule has 0 N–H and O–H groups in total. The Labute approximate surface area is 152 Å². The van der Waals surface area contributed by atoms with Gasteiger partial charge in [0, 0.05) is 31.6 Å². The lowest BCUT2D eigenvalue weighted by atomic mass is 10.1. The Balaban J connectivity index is 1.40. The van der Waals surface area contributed by atoms with Crippen molar-refractivity contribution in [2.75, 3.05) is 26.2 Å². The third-order valence-electron chi connectivity index (χ3n) is 5.00. The van der Waals surface area contributed by atoms with Crippen LogP contribution in [-0.2, 0) is 22.5 Å². The lowest BCUT2D eigenvalue weighted by molar-refractivity contribution is -0.129. The minimum Gasteiger partial charge on any atom is -0.373 e. The zero-order valence-electron chi connectivity index (χ0n) is 14.4. The molecule has 6 heteroatoms. The quantitative estimate of drug-likeness (QED) is 0.841. The van der Waals surface area contributed by atoms with E-state index in [-0.39, 0.29) is 18.1 Å². The summed E-state index contributed by atoms with van der Waals surface area (Å²) in [4.78, 5) is 21.6. The molecular formula is C19H23N3O2S. The van der Waals surface area contributed by atoms with Crippen LogP contribution >= 0.6 is 11.3 Å². The Morgan fingerprint density at radius 3 is 2.92 bits per heavy atom. The number of aromatic nitrogens is 1. The lowest BCUT2D eigenvalue weighted by Gasteiger charge is -2.36. The van der Waals surface area contributed by atoms with Crippen LogP contribution in [0.15, 0.2) is 35.7 Å². The van der Waals surface area contributed by atoms with Gasteiger partial charge in [-0.15, -0.1) is 11.3 Å². The normalized spacial score (nSPS) is 23.6. The SMILES string of the molecule is Cc1nc(CN2CCO[C@H]3CN(C(=O)Cc4ccccc4)C[C@H]32)cs1. The van der Waals surface area contributed by atoms with Crippen molar-refractivity contribution in [1.29, 1.82) is 0 Å². The zero-order valence-corrected chi connectivity index (χ0v) is 15.2. The number of morpholine rings is 1. The summed E-state index contributed by atoms with van der Waals surface area (Å²) in [5.74, 6) is 0.189. The average molecular weight is 357 g/mol. The van der Waals surface area contributed by atoms with Gasteiger partial charge in [-0.05, 0) is 12.5 Å². The van der Waals surface area contributed by atoms with E-state index >= 15 is 0 Å². The van der Waals surface area contributed by atoms with Gasteiger partial charge < -0.3 is 9.64 Å². The van der Waals surface area contributed by atoms with Gasteiger partial charge in [0.2, 0.25) is 5.91 Å². The van der Waals surface area contributed by atoms with Gasteiger partial charge in [-0.3, -0.25) is 9.69 Å². The second kappa shape index (κ2) is 7.23. The number of hydrogen-bond acceptors (Lipinski definition) is 5. The third-order valence-corrected chi connectivity index (χ3v) is 5.82. The second-order valence-electron chi connectivity index (χ2n) is 6.77. The molecule has 132 valence electrons. The minimum absolute atomic E-state index is 0.119. The number of fused-ring (bicyclic) bond motifs is 1. The highest BCUT2D eigenvalue weighted by atomic mass is 32.1. The van der Waals surface area contributed by atoms with E-state index in [4.69, 9.17) is 4.74 Å². The highest BCUT2D eigenvalue weighted by molar-refractivity contribution is 7.09. The fourth-order valence-corrected chi connectivity index (χ4v) is 4.33. The third kappa shape index (κ3) is 3.76. The first kappa shape index (κ1) is 16.7. The van der Waals surface area contributed by atoms with Crippen LogP contribution in [0.2, 0.25) is 0 Å². The molecule has 5 nitrogen and oxygen atoms in total. The lowest BCUT2D eigenvalue weighted by Crippen LogP contribution is -2.50. The van der Waals surface area contributed by atoms with E-state index in [0.29, 0.717) is 13.0 Å². The monoisotopic (exact) mass is 357 g/mol. The number of thiazole rings is 1. The van der Waals surface area contributed by atoms with Gasteiger partial charge in [0.15, 0.2) is 0 Å². The molecule has 2 aliphatic rings. The Morgan fingerprint density at radius 1 is 1.32 bits per heavy atom. The topological polar surface area (TPSA) is 45.7 Å². The Kier molecular flexibility index (Phi) is 4.83. The summed E-state index contributed by atoms with van der Waals surface area (Å²) in [5, 5.41) is 3.23. The number of rotatable bonds is 4. The van der Waals surface area contributed by atoms with Gasteiger partial charge in [-0.1, -0.05) is 30.3 Å². The second-order valence-corrected chi connectivity index (χ2v) is 7.83. The van der Waals surface area contributed by atoms with Gasteiger partial charge >= 0.3 is 0 Å². The molecule has 25 heavy (non-hydrogen) atoms. The molecule has 2 atom stereocenters. The molecule has 0 saturated carbocycles. The first-order valence-electron chi connectivity index (χ1n) is 8.77. The number of likely N-dealkylation sites (tertiary alicyclic amines) is 1. The molecule has 2 aliphatic heterocycles. The van der Waals surface area contributed by atoms with Gasteiger partial charge in [0.1, 0.15) is 0 Å². The van der Waals surface area contributed by atoms with Crippen LogP contribution in [0.25, 0.3) is 0 Å². The maximum Gasteiger partial charge on any atom is 0.227 e. The predicted molar refractivity (Wildman–Crippen MR) is 97.5 cm³/mol. The average Bonchev–Trinajstić information content (AvgIpc) is 3.23. The summed E-state index contributed by atoms with van der Waals surface area (Å²) in [6, 6.07) is 10.2. The van der Waals surface area contributed by atoms with E-state index in [9.17, 15) is 4.79 Å². The van der Waals surface area contributed by atoms with Crippen molar-refractivity contribution in [1.82, 2.24) is 14.8 Å². The smallest absolute Gasteiger partial charge is 0.227 e. The maximum absolute atomic E-state index is 12.7. The fraction of sp³-hybridized carbons (Fsp3) is 0.474. The highest BCUT2D eigenvalue weighted by Gasteiger charge is 2.41. The summed E-state index contributed by atoms with van der Waals surface area (Å²) in [6.07, 6.45) is 0.583. The molecule has 1 aromatic heterocycles. The van der Waals surface area contributed by atoms with Crippen LogP contribution in [-0.4, -0.2) is 59.1 Å². The summed E-state index contributed by atoms with van der Waals surface area (Å²) < 4.78 is 5.95. The predicted octanol–water partition coefficient (Wildman–Crippen LogP) is 2.11. The van der Waals surface area contributed by atoms with Gasteiger partial charge in [-0.25, -0.2) is 4.98 Å². The van der Waals surface area contributed by atoms with E-state index in [1.54, 1.807) is 11.3 Å². The molecule has 0 bridgehead atoms. The summed E-state index contributed by atoms with van der Waals surface area (Å²) in [6.45, 7) is 5.96. The summed E-state index contributed by atoms with van der Waals surface area (Å²) >= 11 is 1.69. The van der Waals surface area contributed by atoms with Crippen molar-refractivity contribution in [2.45, 2.75) is 32.0 Å². The minimum atomic E-state index is 0.119. The van der Waals surface area contributed by atoms with Gasteiger partial charge in [0.25, 0.3) is 0 Å². The van der Waals surface area contributed by atoms with Crippen LogP contribution in [0.5, 0.6) is 0 Å². The van der Waals surface area contributed by atoms with E-state index in [1.807, 2.05) is 42.2 Å². The molecule has 0 aliphatic carbocycles. The van der Waals surface area contributed by atoms with Crippen molar-refractivity contribution in [3.63, 3.8) is 0 Å². The number of aryl methyl sites for hydroxylation is 1. The zero-order chi connectivity index (χ0) is 17.2. The largest absolute Gasteiger partial charge is 0.373 e. The van der Waals surface area contributed by atoms with Crippen molar-refractivity contribution in [3.05, 3.63) is 52.0 Å². The van der Waals surface area contributed by atoms with Gasteiger partial charge in [-0.2, -0.15) is 0 Å². The molecule has 2 fully saturated rings.